The van der Waals surface area contributed by atoms with Gasteiger partial charge in [-0.1, -0.05) is 6.92 Å². The number of amides is 1. The highest BCUT2D eigenvalue weighted by Crippen LogP contribution is 2.30. The number of anilines is 1. The Balaban J connectivity index is 1.62. The van der Waals surface area contributed by atoms with E-state index in [0.29, 0.717) is 43.5 Å². The summed E-state index contributed by atoms with van der Waals surface area (Å²) >= 11 is 0. The quantitative estimate of drug-likeness (QED) is 0.689. The van der Waals surface area contributed by atoms with Crippen molar-refractivity contribution in [2.75, 3.05) is 31.1 Å². The average molecular weight is 431 g/mol. The zero-order valence-corrected chi connectivity index (χ0v) is 16.7. The Morgan fingerprint density at radius 2 is 1.87 bits per heavy atom. The van der Waals surface area contributed by atoms with Gasteiger partial charge in [-0.3, -0.25) is 14.6 Å². The van der Waals surface area contributed by atoms with Crippen molar-refractivity contribution in [1.29, 1.82) is 0 Å². The van der Waals surface area contributed by atoms with Gasteiger partial charge in [0.2, 0.25) is 5.91 Å². The number of nitrogens with one attached hydrogen (secondary N) is 1. The third-order valence-electron chi connectivity index (χ3n) is 5.32. The number of carbonyl (C=O) groups excluding carboxylic acids is 1. The Labute approximate surface area is 175 Å². The topological polar surface area (TPSA) is 82.2 Å². The van der Waals surface area contributed by atoms with Gasteiger partial charge in [0.25, 0.3) is 5.56 Å². The summed E-state index contributed by atoms with van der Waals surface area (Å²) in [5, 5.41) is 0.334. The van der Waals surface area contributed by atoms with Crippen molar-refractivity contribution in [3.63, 3.8) is 0 Å². The summed E-state index contributed by atoms with van der Waals surface area (Å²) in [6, 6.07) is 6.91. The van der Waals surface area contributed by atoms with E-state index in [4.69, 9.17) is 0 Å². The number of hydrogen-bond acceptors (Lipinski definition) is 5. The molecule has 7 nitrogen and oxygen atoms in total. The van der Waals surface area contributed by atoms with E-state index in [0.717, 1.165) is 24.0 Å². The monoisotopic (exact) mass is 431 g/mol. The van der Waals surface area contributed by atoms with E-state index in [1.807, 2.05) is 17.9 Å². The van der Waals surface area contributed by atoms with E-state index in [1.54, 1.807) is 12.1 Å². The second-order valence-electron chi connectivity index (χ2n) is 7.26. The average Bonchev–Trinajstić information content (AvgIpc) is 2.78. The van der Waals surface area contributed by atoms with Gasteiger partial charge in [0.15, 0.2) is 5.82 Å². The predicted octanol–water partition coefficient (Wildman–Crippen LogP) is 3.06. The first-order valence-electron chi connectivity index (χ1n) is 9.86. The van der Waals surface area contributed by atoms with Gasteiger partial charge in [-0.25, -0.2) is 4.98 Å². The summed E-state index contributed by atoms with van der Waals surface area (Å²) in [6.07, 6.45) is -3.01. The largest absolute Gasteiger partial charge is 0.416 e. The molecule has 4 rings (SSSR count). The highest BCUT2D eigenvalue weighted by atomic mass is 19.4. The lowest BCUT2D eigenvalue weighted by Gasteiger charge is -2.36. The second-order valence-corrected chi connectivity index (χ2v) is 7.26. The van der Waals surface area contributed by atoms with Gasteiger partial charge in [-0.2, -0.15) is 13.2 Å². The SMILES string of the molecule is CCC(=O)N1CCN(c2ccc3nc(-c4cc(C(F)(F)F)ccn4)[nH]c(=O)c3c2)CC1. The number of alkyl halides is 3. The summed E-state index contributed by atoms with van der Waals surface area (Å²) in [4.78, 5) is 39.2. The van der Waals surface area contributed by atoms with Crippen LogP contribution < -0.4 is 10.5 Å². The molecule has 0 spiro atoms. The summed E-state index contributed by atoms with van der Waals surface area (Å²) in [5.41, 5.74) is -0.193. The number of rotatable bonds is 3. The molecule has 10 heteroatoms. The van der Waals surface area contributed by atoms with E-state index < -0.39 is 17.3 Å². The number of carbonyl (C=O) groups is 1. The number of aromatic nitrogens is 3. The molecule has 162 valence electrons. The number of aromatic amines is 1. The standard InChI is InChI=1S/C21H20F3N5O2/c1-2-18(30)29-9-7-28(8-10-29)14-3-4-16-15(12-14)20(31)27-19(26-16)17-11-13(5-6-25-17)21(22,23)24/h3-6,11-12H,2,7-10H2,1H3,(H,26,27,31). The molecule has 2 aromatic heterocycles. The van der Waals surface area contributed by atoms with Crippen LogP contribution in [0, 0.1) is 0 Å². The lowest BCUT2D eigenvalue weighted by molar-refractivity contribution is -0.137. The zero-order valence-electron chi connectivity index (χ0n) is 16.7. The fraction of sp³-hybridized carbons (Fsp3) is 0.333. The van der Waals surface area contributed by atoms with Crippen LogP contribution in [0.15, 0.2) is 41.3 Å². The van der Waals surface area contributed by atoms with E-state index in [2.05, 4.69) is 19.9 Å². The number of benzene rings is 1. The number of piperazine rings is 1. The molecule has 1 saturated heterocycles. The Morgan fingerprint density at radius 3 is 2.55 bits per heavy atom. The van der Waals surface area contributed by atoms with Crippen molar-refractivity contribution in [2.45, 2.75) is 19.5 Å². The van der Waals surface area contributed by atoms with Crippen LogP contribution in [0.4, 0.5) is 18.9 Å². The van der Waals surface area contributed by atoms with Crippen molar-refractivity contribution >= 4 is 22.5 Å². The predicted molar refractivity (Wildman–Crippen MR) is 110 cm³/mol. The first kappa shape index (κ1) is 20.8. The lowest BCUT2D eigenvalue weighted by Crippen LogP contribution is -2.48. The van der Waals surface area contributed by atoms with Crippen LogP contribution in [0.3, 0.4) is 0 Å². The number of nitrogens with zero attached hydrogens (tertiary/aromatic N) is 4. The Hall–Kier alpha value is -3.43. The van der Waals surface area contributed by atoms with Crippen LogP contribution in [-0.2, 0) is 11.0 Å². The molecular formula is C21H20F3N5O2. The number of fused-ring (bicyclic) bond motifs is 1. The van der Waals surface area contributed by atoms with Gasteiger partial charge in [0.1, 0.15) is 5.69 Å². The molecule has 31 heavy (non-hydrogen) atoms. The maximum atomic E-state index is 13.0. The molecule has 3 heterocycles. The number of hydrogen-bond donors (Lipinski definition) is 1. The smallest absolute Gasteiger partial charge is 0.368 e. The van der Waals surface area contributed by atoms with Crippen LogP contribution in [0.2, 0.25) is 0 Å². The minimum Gasteiger partial charge on any atom is -0.368 e. The summed E-state index contributed by atoms with van der Waals surface area (Å²) in [7, 11) is 0. The van der Waals surface area contributed by atoms with Crippen molar-refractivity contribution < 1.29 is 18.0 Å². The highest BCUT2D eigenvalue weighted by Gasteiger charge is 2.31. The van der Waals surface area contributed by atoms with Gasteiger partial charge in [0, 0.05) is 44.5 Å². The van der Waals surface area contributed by atoms with E-state index in [1.165, 1.54) is 0 Å². The fourth-order valence-corrected chi connectivity index (χ4v) is 3.62. The molecule has 1 aromatic carbocycles. The second kappa shape index (κ2) is 8.01. The molecule has 0 unspecified atom stereocenters. The maximum Gasteiger partial charge on any atom is 0.416 e. The minimum atomic E-state index is -4.52. The molecule has 3 aromatic rings. The van der Waals surface area contributed by atoms with E-state index in [-0.39, 0.29) is 17.4 Å². The summed E-state index contributed by atoms with van der Waals surface area (Å²) < 4.78 is 38.9. The van der Waals surface area contributed by atoms with Crippen LogP contribution >= 0.6 is 0 Å². The Bertz CT molecular complexity index is 1180. The first-order chi connectivity index (χ1) is 14.8. The Kier molecular flexibility index (Phi) is 5.38. The molecule has 0 saturated carbocycles. The maximum absolute atomic E-state index is 13.0. The molecule has 0 radical (unpaired) electrons. The van der Waals surface area contributed by atoms with Gasteiger partial charge in [-0.15, -0.1) is 0 Å². The lowest BCUT2D eigenvalue weighted by atomic mass is 10.1. The van der Waals surface area contributed by atoms with Gasteiger partial charge < -0.3 is 14.8 Å². The third kappa shape index (κ3) is 4.23. The Morgan fingerprint density at radius 1 is 1.13 bits per heavy atom. The summed E-state index contributed by atoms with van der Waals surface area (Å²) in [6.45, 7) is 4.35. The fourth-order valence-electron chi connectivity index (χ4n) is 3.62. The summed E-state index contributed by atoms with van der Waals surface area (Å²) in [5.74, 6) is 0.0950. The van der Waals surface area contributed by atoms with Gasteiger partial charge in [-0.05, 0) is 30.3 Å². The van der Waals surface area contributed by atoms with Crippen LogP contribution in [0.1, 0.15) is 18.9 Å². The molecule has 1 N–H and O–H groups in total. The van der Waals surface area contributed by atoms with Crippen molar-refractivity contribution in [2.24, 2.45) is 0 Å². The van der Waals surface area contributed by atoms with Crippen molar-refractivity contribution in [3.05, 3.63) is 52.4 Å². The highest BCUT2D eigenvalue weighted by molar-refractivity contribution is 5.83. The molecular weight excluding hydrogens is 411 g/mol. The molecule has 1 amide bonds. The number of pyridine rings is 1. The molecule has 0 atom stereocenters. The van der Waals surface area contributed by atoms with Crippen LogP contribution in [-0.4, -0.2) is 51.9 Å². The zero-order chi connectivity index (χ0) is 22.2. The van der Waals surface area contributed by atoms with E-state index >= 15 is 0 Å². The molecule has 0 aliphatic carbocycles. The number of halogens is 3. The molecule has 0 bridgehead atoms. The van der Waals surface area contributed by atoms with Crippen molar-refractivity contribution in [3.8, 4) is 11.5 Å². The van der Waals surface area contributed by atoms with E-state index in [9.17, 15) is 22.8 Å². The van der Waals surface area contributed by atoms with Crippen molar-refractivity contribution in [1.82, 2.24) is 19.9 Å². The third-order valence-corrected chi connectivity index (χ3v) is 5.32. The van der Waals surface area contributed by atoms with Gasteiger partial charge >= 0.3 is 6.18 Å². The van der Waals surface area contributed by atoms with Crippen LogP contribution in [0.5, 0.6) is 0 Å². The minimum absolute atomic E-state index is 0.0250. The van der Waals surface area contributed by atoms with Gasteiger partial charge in [0.05, 0.1) is 16.5 Å². The normalized spacial score (nSPS) is 14.8. The number of H-pyrrole nitrogens is 1. The first-order valence-corrected chi connectivity index (χ1v) is 9.86. The molecule has 1 aliphatic rings. The van der Waals surface area contributed by atoms with Crippen LogP contribution in [0.25, 0.3) is 22.4 Å². The molecule has 1 aliphatic heterocycles. The molecule has 1 fully saturated rings.